The number of anilines is 1. The Kier molecular flexibility index (Phi) is 5.15. The molecule has 0 spiro atoms. The quantitative estimate of drug-likeness (QED) is 0.790. The third-order valence-corrected chi connectivity index (χ3v) is 4.62. The molecule has 0 bridgehead atoms. The van der Waals surface area contributed by atoms with Crippen molar-refractivity contribution < 1.29 is 4.74 Å². The fourth-order valence-electron chi connectivity index (χ4n) is 2.74. The Morgan fingerprint density at radius 1 is 1.38 bits per heavy atom. The number of halogens is 1. The molecule has 0 aliphatic carbocycles. The van der Waals surface area contributed by atoms with Crippen LogP contribution in [-0.4, -0.2) is 31.3 Å². The fraction of sp³-hybridized carbons (Fsp3) is 0.706. The van der Waals surface area contributed by atoms with Crippen LogP contribution < -0.4 is 4.90 Å². The predicted molar refractivity (Wildman–Crippen MR) is 89.3 cm³/mol. The summed E-state index contributed by atoms with van der Waals surface area (Å²) in [6, 6.07) is 4.24. The lowest BCUT2D eigenvalue weighted by molar-refractivity contribution is 0.0496. The topological polar surface area (TPSA) is 25.4 Å². The monoisotopic (exact) mass is 310 g/mol. The molecule has 118 valence electrons. The summed E-state index contributed by atoms with van der Waals surface area (Å²) in [5, 5.41) is 0. The average molecular weight is 311 g/mol. The number of alkyl halides is 1. The minimum atomic E-state index is 0.0283. The molecule has 0 saturated carbocycles. The Labute approximate surface area is 133 Å². The van der Waals surface area contributed by atoms with Crippen molar-refractivity contribution in [1.82, 2.24) is 4.98 Å². The molecule has 1 aromatic rings. The lowest BCUT2D eigenvalue weighted by Crippen LogP contribution is -2.44. The fourth-order valence-corrected chi connectivity index (χ4v) is 2.90. The molecule has 0 radical (unpaired) electrons. The SMILES string of the molecule is COC1CN(c2cc(CCl)cc(C(C)(C)C)n2)CCC1C. The van der Waals surface area contributed by atoms with Crippen molar-refractivity contribution in [3.8, 4) is 0 Å². The summed E-state index contributed by atoms with van der Waals surface area (Å²) >= 11 is 6.07. The number of nitrogens with zero attached hydrogens (tertiary/aromatic N) is 2. The van der Waals surface area contributed by atoms with Crippen LogP contribution in [0.3, 0.4) is 0 Å². The van der Waals surface area contributed by atoms with Crippen molar-refractivity contribution in [1.29, 1.82) is 0 Å². The first-order chi connectivity index (χ1) is 9.85. The van der Waals surface area contributed by atoms with E-state index in [-0.39, 0.29) is 11.5 Å². The van der Waals surface area contributed by atoms with Gasteiger partial charge in [0.25, 0.3) is 0 Å². The maximum atomic E-state index is 6.07. The molecular formula is C17H27ClN2O. The zero-order chi connectivity index (χ0) is 15.6. The van der Waals surface area contributed by atoms with Crippen molar-refractivity contribution in [3.05, 3.63) is 23.4 Å². The van der Waals surface area contributed by atoms with Crippen LogP contribution in [0.1, 0.15) is 45.4 Å². The van der Waals surface area contributed by atoms with E-state index in [0.717, 1.165) is 36.6 Å². The van der Waals surface area contributed by atoms with Crippen LogP contribution in [-0.2, 0) is 16.0 Å². The molecule has 0 amide bonds. The summed E-state index contributed by atoms with van der Waals surface area (Å²) < 4.78 is 5.61. The summed E-state index contributed by atoms with van der Waals surface area (Å²) in [6.45, 7) is 10.8. The highest BCUT2D eigenvalue weighted by Crippen LogP contribution is 2.28. The van der Waals surface area contributed by atoms with E-state index in [0.29, 0.717) is 11.8 Å². The van der Waals surface area contributed by atoms with Gasteiger partial charge in [-0.1, -0.05) is 27.7 Å². The number of piperidine rings is 1. The third-order valence-electron chi connectivity index (χ3n) is 4.31. The molecule has 1 aliphatic heterocycles. The van der Waals surface area contributed by atoms with Gasteiger partial charge in [0.15, 0.2) is 0 Å². The Bertz CT molecular complexity index is 484. The van der Waals surface area contributed by atoms with Crippen LogP contribution in [0.2, 0.25) is 0 Å². The van der Waals surface area contributed by atoms with Crippen molar-refractivity contribution in [2.75, 3.05) is 25.1 Å². The van der Waals surface area contributed by atoms with Gasteiger partial charge in [-0.05, 0) is 30.0 Å². The normalized spacial score (nSPS) is 23.4. The number of hydrogen-bond donors (Lipinski definition) is 0. The molecule has 1 fully saturated rings. The van der Waals surface area contributed by atoms with Crippen molar-refractivity contribution in [2.45, 2.75) is 51.5 Å². The van der Waals surface area contributed by atoms with Gasteiger partial charge in [-0.2, -0.15) is 0 Å². The number of aromatic nitrogens is 1. The van der Waals surface area contributed by atoms with Crippen LogP contribution >= 0.6 is 11.6 Å². The maximum Gasteiger partial charge on any atom is 0.129 e. The molecule has 3 nitrogen and oxygen atoms in total. The highest BCUT2D eigenvalue weighted by Gasteiger charge is 2.27. The minimum absolute atomic E-state index is 0.0283. The van der Waals surface area contributed by atoms with Crippen LogP contribution in [0.5, 0.6) is 0 Å². The number of hydrogen-bond acceptors (Lipinski definition) is 3. The van der Waals surface area contributed by atoms with Gasteiger partial charge in [0.2, 0.25) is 0 Å². The summed E-state index contributed by atoms with van der Waals surface area (Å²) in [4.78, 5) is 7.21. The molecule has 2 rings (SSSR count). The Morgan fingerprint density at radius 3 is 2.67 bits per heavy atom. The zero-order valence-electron chi connectivity index (χ0n) is 13.8. The van der Waals surface area contributed by atoms with E-state index in [2.05, 4.69) is 44.7 Å². The van der Waals surface area contributed by atoms with Gasteiger partial charge in [0.05, 0.1) is 6.10 Å². The highest BCUT2D eigenvalue weighted by molar-refractivity contribution is 6.17. The van der Waals surface area contributed by atoms with Crippen molar-refractivity contribution in [2.24, 2.45) is 5.92 Å². The number of methoxy groups -OCH3 is 1. The molecule has 2 unspecified atom stereocenters. The standard InChI is InChI=1S/C17H27ClN2O/c1-12-6-7-20(11-14(12)21-5)16-9-13(10-18)8-15(19-16)17(2,3)4/h8-9,12,14H,6-7,10-11H2,1-5H3. The summed E-state index contributed by atoms with van der Waals surface area (Å²) in [6.07, 6.45) is 1.41. The third kappa shape index (κ3) is 3.89. The summed E-state index contributed by atoms with van der Waals surface area (Å²) in [5.41, 5.74) is 2.27. The number of rotatable bonds is 3. The van der Waals surface area contributed by atoms with Crippen molar-refractivity contribution >= 4 is 17.4 Å². The molecule has 1 saturated heterocycles. The summed E-state index contributed by atoms with van der Waals surface area (Å²) in [5.74, 6) is 2.16. The van der Waals surface area contributed by atoms with E-state index < -0.39 is 0 Å². The molecular weight excluding hydrogens is 284 g/mol. The first-order valence-electron chi connectivity index (χ1n) is 7.70. The largest absolute Gasteiger partial charge is 0.379 e. The molecule has 1 aliphatic rings. The van der Waals surface area contributed by atoms with Gasteiger partial charge in [-0.3, -0.25) is 0 Å². The molecule has 2 atom stereocenters. The van der Waals surface area contributed by atoms with Crippen LogP contribution in [0.15, 0.2) is 12.1 Å². The van der Waals surface area contributed by atoms with Crippen LogP contribution in [0.25, 0.3) is 0 Å². The van der Waals surface area contributed by atoms with E-state index in [1.165, 1.54) is 0 Å². The second-order valence-electron chi connectivity index (χ2n) is 7.09. The average Bonchev–Trinajstić information content (AvgIpc) is 2.46. The van der Waals surface area contributed by atoms with E-state index in [4.69, 9.17) is 21.3 Å². The summed E-state index contributed by atoms with van der Waals surface area (Å²) in [7, 11) is 1.80. The first kappa shape index (κ1) is 16.6. The first-order valence-corrected chi connectivity index (χ1v) is 8.23. The van der Waals surface area contributed by atoms with E-state index in [1.54, 1.807) is 7.11 Å². The predicted octanol–water partition coefficient (Wildman–Crippen LogP) is 3.98. The zero-order valence-corrected chi connectivity index (χ0v) is 14.6. The molecule has 4 heteroatoms. The van der Waals surface area contributed by atoms with Gasteiger partial charge >= 0.3 is 0 Å². The molecule has 0 aromatic carbocycles. The van der Waals surface area contributed by atoms with Gasteiger partial charge in [0, 0.05) is 37.2 Å². The Morgan fingerprint density at radius 2 is 2.10 bits per heavy atom. The lowest BCUT2D eigenvalue weighted by Gasteiger charge is -2.37. The van der Waals surface area contributed by atoms with Gasteiger partial charge < -0.3 is 9.64 Å². The van der Waals surface area contributed by atoms with E-state index in [1.807, 2.05) is 0 Å². The Hall–Kier alpha value is -0.800. The van der Waals surface area contributed by atoms with E-state index >= 15 is 0 Å². The van der Waals surface area contributed by atoms with Crippen LogP contribution in [0, 0.1) is 5.92 Å². The number of pyridine rings is 1. The second-order valence-corrected chi connectivity index (χ2v) is 7.36. The molecule has 1 aromatic heterocycles. The highest BCUT2D eigenvalue weighted by atomic mass is 35.5. The van der Waals surface area contributed by atoms with E-state index in [9.17, 15) is 0 Å². The Balaban J connectivity index is 2.30. The molecule has 21 heavy (non-hydrogen) atoms. The van der Waals surface area contributed by atoms with Gasteiger partial charge in [-0.25, -0.2) is 4.98 Å². The number of ether oxygens (including phenoxy) is 1. The van der Waals surface area contributed by atoms with Gasteiger partial charge in [0.1, 0.15) is 5.82 Å². The minimum Gasteiger partial charge on any atom is -0.379 e. The molecule has 0 N–H and O–H groups in total. The second kappa shape index (κ2) is 6.53. The lowest BCUT2D eigenvalue weighted by atomic mass is 9.90. The molecule has 2 heterocycles. The van der Waals surface area contributed by atoms with Crippen LogP contribution in [0.4, 0.5) is 5.82 Å². The smallest absolute Gasteiger partial charge is 0.129 e. The van der Waals surface area contributed by atoms with Gasteiger partial charge in [-0.15, -0.1) is 11.6 Å². The van der Waals surface area contributed by atoms with Crippen molar-refractivity contribution in [3.63, 3.8) is 0 Å². The maximum absolute atomic E-state index is 6.07.